The SMILES string of the molecule is C[C@@H]1OC(=O)[C@@H](N)CCCC[C@H]1OC(=O)C1CCCC1. The van der Waals surface area contributed by atoms with Crippen LogP contribution in [0.3, 0.4) is 0 Å². The highest BCUT2D eigenvalue weighted by Crippen LogP contribution is 2.27. The van der Waals surface area contributed by atoms with Crippen molar-refractivity contribution in [2.75, 3.05) is 0 Å². The Morgan fingerprint density at radius 2 is 1.75 bits per heavy atom. The summed E-state index contributed by atoms with van der Waals surface area (Å²) in [7, 11) is 0. The van der Waals surface area contributed by atoms with E-state index in [4.69, 9.17) is 15.2 Å². The van der Waals surface area contributed by atoms with Gasteiger partial charge in [-0.2, -0.15) is 0 Å². The van der Waals surface area contributed by atoms with Gasteiger partial charge in [0.2, 0.25) is 0 Å². The second-order valence-electron chi connectivity index (χ2n) is 5.99. The van der Waals surface area contributed by atoms with Crippen LogP contribution >= 0.6 is 0 Å². The summed E-state index contributed by atoms with van der Waals surface area (Å²) >= 11 is 0. The molecule has 20 heavy (non-hydrogen) atoms. The third kappa shape index (κ3) is 3.95. The van der Waals surface area contributed by atoms with E-state index in [0.29, 0.717) is 6.42 Å². The molecule has 1 aliphatic heterocycles. The average Bonchev–Trinajstić information content (AvgIpc) is 2.95. The maximum Gasteiger partial charge on any atom is 0.323 e. The molecule has 0 radical (unpaired) electrons. The summed E-state index contributed by atoms with van der Waals surface area (Å²) in [6.45, 7) is 1.78. The molecule has 1 aliphatic carbocycles. The van der Waals surface area contributed by atoms with Crippen LogP contribution < -0.4 is 5.73 Å². The van der Waals surface area contributed by atoms with Crippen molar-refractivity contribution in [2.45, 2.75) is 76.5 Å². The van der Waals surface area contributed by atoms with Gasteiger partial charge in [0.05, 0.1) is 5.92 Å². The molecule has 0 spiro atoms. The third-order valence-electron chi connectivity index (χ3n) is 4.34. The predicted molar refractivity (Wildman–Crippen MR) is 73.8 cm³/mol. The third-order valence-corrected chi connectivity index (χ3v) is 4.34. The number of hydrogen-bond donors (Lipinski definition) is 1. The lowest BCUT2D eigenvalue weighted by molar-refractivity contribution is -0.170. The first-order valence-corrected chi connectivity index (χ1v) is 7.74. The van der Waals surface area contributed by atoms with Crippen LogP contribution in [0.1, 0.15) is 58.3 Å². The molecule has 1 heterocycles. The zero-order valence-corrected chi connectivity index (χ0v) is 12.2. The molecule has 1 saturated heterocycles. The summed E-state index contributed by atoms with van der Waals surface area (Å²) in [5.74, 6) is -0.479. The lowest BCUT2D eigenvalue weighted by atomic mass is 10.0. The highest BCUT2D eigenvalue weighted by molar-refractivity contribution is 5.76. The van der Waals surface area contributed by atoms with Crippen molar-refractivity contribution >= 4 is 11.9 Å². The normalized spacial score (nSPS) is 32.9. The van der Waals surface area contributed by atoms with E-state index in [2.05, 4.69) is 0 Å². The molecule has 0 aromatic rings. The number of hydrogen-bond acceptors (Lipinski definition) is 5. The second kappa shape index (κ2) is 7.07. The number of esters is 2. The Kier molecular flexibility index (Phi) is 5.40. The van der Waals surface area contributed by atoms with E-state index < -0.39 is 12.1 Å². The molecular weight excluding hydrogens is 258 g/mol. The largest absolute Gasteiger partial charge is 0.458 e. The summed E-state index contributed by atoms with van der Waals surface area (Å²) in [4.78, 5) is 23.8. The number of carbonyl (C=O) groups is 2. The van der Waals surface area contributed by atoms with E-state index in [1.807, 2.05) is 0 Å². The maximum absolute atomic E-state index is 12.1. The van der Waals surface area contributed by atoms with Crippen molar-refractivity contribution in [3.05, 3.63) is 0 Å². The molecule has 3 atom stereocenters. The number of nitrogens with two attached hydrogens (primary N) is 1. The minimum Gasteiger partial charge on any atom is -0.458 e. The van der Waals surface area contributed by atoms with Crippen LogP contribution in [0.25, 0.3) is 0 Å². The van der Waals surface area contributed by atoms with Gasteiger partial charge in [0.1, 0.15) is 18.2 Å². The summed E-state index contributed by atoms with van der Waals surface area (Å²) in [6.07, 6.45) is 6.42. The fourth-order valence-corrected chi connectivity index (χ4v) is 2.97. The van der Waals surface area contributed by atoms with Crippen molar-refractivity contribution in [2.24, 2.45) is 11.7 Å². The minimum atomic E-state index is -0.554. The molecule has 5 nitrogen and oxygen atoms in total. The molecule has 2 aliphatic rings. The molecule has 0 unspecified atom stereocenters. The summed E-state index contributed by atoms with van der Waals surface area (Å²) < 4.78 is 10.9. The van der Waals surface area contributed by atoms with Gasteiger partial charge >= 0.3 is 11.9 Å². The van der Waals surface area contributed by atoms with Crippen molar-refractivity contribution in [1.29, 1.82) is 0 Å². The van der Waals surface area contributed by atoms with Crippen molar-refractivity contribution in [1.82, 2.24) is 0 Å². The molecule has 1 saturated carbocycles. The van der Waals surface area contributed by atoms with Gasteiger partial charge in [-0.1, -0.05) is 19.3 Å². The number of rotatable bonds is 2. The Hall–Kier alpha value is -1.10. The molecule has 2 rings (SSSR count). The highest BCUT2D eigenvalue weighted by atomic mass is 16.6. The van der Waals surface area contributed by atoms with Crippen LogP contribution in [0.15, 0.2) is 0 Å². The second-order valence-corrected chi connectivity index (χ2v) is 5.99. The molecular formula is C15H25NO4. The van der Waals surface area contributed by atoms with Crippen molar-refractivity contribution in [3.63, 3.8) is 0 Å². The molecule has 0 aromatic carbocycles. The van der Waals surface area contributed by atoms with Crippen LogP contribution in [-0.4, -0.2) is 30.2 Å². The van der Waals surface area contributed by atoms with Crippen molar-refractivity contribution in [3.8, 4) is 0 Å². The van der Waals surface area contributed by atoms with Crippen LogP contribution in [0.5, 0.6) is 0 Å². The zero-order chi connectivity index (χ0) is 14.5. The number of ether oxygens (including phenoxy) is 2. The van der Waals surface area contributed by atoms with Gasteiger partial charge in [0.15, 0.2) is 0 Å². The fraction of sp³-hybridized carbons (Fsp3) is 0.867. The lowest BCUT2D eigenvalue weighted by Gasteiger charge is -2.25. The highest BCUT2D eigenvalue weighted by Gasteiger charge is 2.31. The monoisotopic (exact) mass is 283 g/mol. The van der Waals surface area contributed by atoms with Gasteiger partial charge in [-0.05, 0) is 39.0 Å². The molecule has 114 valence electrons. The van der Waals surface area contributed by atoms with Crippen LogP contribution in [0.2, 0.25) is 0 Å². The van der Waals surface area contributed by atoms with Crippen LogP contribution in [0, 0.1) is 5.92 Å². The summed E-state index contributed by atoms with van der Waals surface area (Å²) in [6, 6.07) is -0.554. The van der Waals surface area contributed by atoms with Gasteiger partial charge in [-0.15, -0.1) is 0 Å². The topological polar surface area (TPSA) is 78.6 Å². The molecule has 0 bridgehead atoms. The first kappa shape index (κ1) is 15.3. The number of cyclic esters (lactones) is 1. The van der Waals surface area contributed by atoms with Crippen LogP contribution in [0.4, 0.5) is 0 Å². The summed E-state index contributed by atoms with van der Waals surface area (Å²) in [5, 5.41) is 0. The van der Waals surface area contributed by atoms with E-state index in [-0.39, 0.29) is 24.0 Å². The van der Waals surface area contributed by atoms with E-state index in [1.54, 1.807) is 6.92 Å². The van der Waals surface area contributed by atoms with Gasteiger partial charge in [-0.25, -0.2) is 0 Å². The van der Waals surface area contributed by atoms with Gasteiger partial charge in [0, 0.05) is 0 Å². The summed E-state index contributed by atoms with van der Waals surface area (Å²) in [5.41, 5.74) is 5.74. The Balaban J connectivity index is 1.93. The number of carbonyl (C=O) groups excluding carboxylic acids is 2. The Morgan fingerprint density at radius 1 is 1.15 bits per heavy atom. The Labute approximate surface area is 120 Å². The minimum absolute atomic E-state index is 0.0350. The quantitative estimate of drug-likeness (QED) is 0.783. The van der Waals surface area contributed by atoms with E-state index >= 15 is 0 Å². The van der Waals surface area contributed by atoms with Crippen molar-refractivity contribution < 1.29 is 19.1 Å². The molecule has 0 amide bonds. The first-order valence-electron chi connectivity index (χ1n) is 7.74. The molecule has 2 N–H and O–H groups in total. The Morgan fingerprint density at radius 3 is 2.45 bits per heavy atom. The molecule has 5 heteroatoms. The maximum atomic E-state index is 12.1. The average molecular weight is 283 g/mol. The zero-order valence-electron chi connectivity index (χ0n) is 12.2. The first-order chi connectivity index (χ1) is 9.58. The van der Waals surface area contributed by atoms with E-state index in [9.17, 15) is 9.59 Å². The van der Waals surface area contributed by atoms with Crippen LogP contribution in [-0.2, 0) is 19.1 Å². The van der Waals surface area contributed by atoms with E-state index in [1.165, 1.54) is 0 Å². The smallest absolute Gasteiger partial charge is 0.323 e. The standard InChI is InChI=1S/C15H25NO4/c1-10-13(20-14(17)11-6-2-3-7-11)9-5-4-8-12(16)15(18)19-10/h10-13H,2-9,16H2,1H3/t10-,12-,13+/m0/s1. The predicted octanol–water partition coefficient (Wildman–Crippen LogP) is 1.92. The molecule has 0 aromatic heterocycles. The fourth-order valence-electron chi connectivity index (χ4n) is 2.97. The lowest BCUT2D eigenvalue weighted by Crippen LogP contribution is -2.38. The molecule has 2 fully saturated rings. The van der Waals surface area contributed by atoms with Gasteiger partial charge in [-0.3, -0.25) is 9.59 Å². The van der Waals surface area contributed by atoms with Gasteiger partial charge in [0.25, 0.3) is 0 Å². The van der Waals surface area contributed by atoms with E-state index in [0.717, 1.165) is 44.9 Å². The Bertz CT molecular complexity index is 352. The van der Waals surface area contributed by atoms with Gasteiger partial charge < -0.3 is 15.2 Å².